The maximum Gasteiger partial charge on any atom is 0.472 e. The van der Waals surface area contributed by atoms with Crippen molar-refractivity contribution in [3.63, 3.8) is 0 Å². The highest BCUT2D eigenvalue weighted by atomic mass is 32.7. The van der Waals surface area contributed by atoms with Crippen LogP contribution in [0.3, 0.4) is 0 Å². The molecule has 21 heteroatoms. The summed E-state index contributed by atoms with van der Waals surface area (Å²) in [6.45, 7) is -3.36. The van der Waals surface area contributed by atoms with Crippen LogP contribution < -0.4 is 17.0 Å². The first-order valence-corrected chi connectivity index (χ1v) is 16.9. The topological polar surface area (TPSA) is 245 Å². The van der Waals surface area contributed by atoms with Gasteiger partial charge in [-0.2, -0.15) is 0 Å². The molecule has 0 bridgehead atoms. The second-order valence-electron chi connectivity index (χ2n) is 9.61. The SMILES string of the molecule is Cc1cn([C@H]2C[C@@H]3OP(=O)(O)OC[C@H]4O[C@@H](n5cnc6c(N)ncnc65)C[C@@H]4OP(=O)(O)SC[C@H]3O2)c(=O)[nH]c1=O. The second kappa shape index (κ2) is 10.7. The minimum absolute atomic E-state index is 0.0458. The fraction of sp³-hybridized carbons (Fsp3) is 0.550. The smallest absolute Gasteiger partial charge is 0.382 e. The summed E-state index contributed by atoms with van der Waals surface area (Å²) in [5, 5.41) is 0. The van der Waals surface area contributed by atoms with Crippen molar-refractivity contribution in [2.75, 3.05) is 18.1 Å². The number of nitrogens with two attached hydrogens (primary N) is 1. The molecule has 3 aromatic heterocycles. The Balaban J connectivity index is 1.24. The van der Waals surface area contributed by atoms with Crippen LogP contribution in [0.2, 0.25) is 0 Å². The number of aryl methyl sites for hydroxylation is 1. The van der Waals surface area contributed by atoms with Crippen molar-refractivity contribution in [2.45, 2.75) is 56.6 Å². The highest BCUT2D eigenvalue weighted by molar-refractivity contribution is 8.54. The number of aromatic nitrogens is 6. The molecule has 41 heavy (non-hydrogen) atoms. The average molecular weight is 633 g/mol. The molecular weight excluding hydrogens is 608 g/mol. The molecule has 3 saturated heterocycles. The van der Waals surface area contributed by atoms with E-state index < -0.39 is 69.3 Å². The van der Waals surface area contributed by atoms with Gasteiger partial charge in [0.2, 0.25) is 0 Å². The number of nitrogens with one attached hydrogen (secondary N) is 1. The molecule has 3 aromatic rings. The van der Waals surface area contributed by atoms with Crippen LogP contribution in [0, 0.1) is 6.92 Å². The van der Waals surface area contributed by atoms with Gasteiger partial charge in [-0.1, -0.05) is 0 Å². The summed E-state index contributed by atoms with van der Waals surface area (Å²) in [5.41, 5.74) is 5.46. The van der Waals surface area contributed by atoms with Crippen LogP contribution in [0.25, 0.3) is 11.2 Å². The third-order valence-electron chi connectivity index (χ3n) is 6.86. The molecule has 0 spiro atoms. The minimum atomic E-state index is -4.72. The van der Waals surface area contributed by atoms with E-state index in [-0.39, 0.29) is 30.0 Å². The van der Waals surface area contributed by atoms with Crippen molar-refractivity contribution in [1.82, 2.24) is 29.1 Å². The number of hydrogen-bond acceptors (Lipinski definition) is 14. The predicted molar refractivity (Wildman–Crippen MR) is 141 cm³/mol. The summed E-state index contributed by atoms with van der Waals surface area (Å²) in [4.78, 5) is 59.8. The van der Waals surface area contributed by atoms with E-state index in [0.717, 1.165) is 4.57 Å². The van der Waals surface area contributed by atoms with Gasteiger partial charge in [0.15, 0.2) is 11.5 Å². The van der Waals surface area contributed by atoms with Crippen LogP contribution in [0.5, 0.6) is 0 Å². The first-order valence-electron chi connectivity index (χ1n) is 12.3. The van der Waals surface area contributed by atoms with Crippen molar-refractivity contribution in [1.29, 1.82) is 0 Å². The molecule has 8 atom stereocenters. The summed E-state index contributed by atoms with van der Waals surface area (Å²) < 4.78 is 56.8. The molecule has 5 N–H and O–H groups in total. The summed E-state index contributed by atoms with van der Waals surface area (Å²) in [6, 6.07) is 0. The highest BCUT2D eigenvalue weighted by Gasteiger charge is 2.47. The van der Waals surface area contributed by atoms with E-state index in [4.69, 9.17) is 28.8 Å². The molecule has 6 rings (SSSR count). The Morgan fingerprint density at radius 1 is 1.02 bits per heavy atom. The van der Waals surface area contributed by atoms with Gasteiger partial charge in [0.25, 0.3) is 5.56 Å². The van der Waals surface area contributed by atoms with Gasteiger partial charge < -0.3 is 25.0 Å². The Hall–Kier alpha value is -2.44. The zero-order valence-corrected chi connectivity index (χ0v) is 23.8. The number of hydrogen-bond donors (Lipinski definition) is 4. The molecule has 0 aliphatic carbocycles. The number of anilines is 1. The second-order valence-corrected chi connectivity index (χ2v) is 14.9. The first kappa shape index (κ1) is 28.7. The van der Waals surface area contributed by atoms with Crippen molar-refractivity contribution >= 4 is 43.0 Å². The Kier molecular flexibility index (Phi) is 7.47. The van der Waals surface area contributed by atoms with Gasteiger partial charge in [0.1, 0.15) is 42.6 Å². The van der Waals surface area contributed by atoms with Crippen molar-refractivity contribution in [2.24, 2.45) is 0 Å². The lowest BCUT2D eigenvalue weighted by molar-refractivity contribution is -0.0452. The van der Waals surface area contributed by atoms with Crippen molar-refractivity contribution < 1.29 is 42.0 Å². The zero-order chi connectivity index (χ0) is 29.1. The fourth-order valence-electron chi connectivity index (χ4n) is 4.88. The minimum Gasteiger partial charge on any atom is -0.382 e. The number of phosphoric acid groups is 1. The number of fused-ring (bicyclic) bond motifs is 3. The van der Waals surface area contributed by atoms with Crippen LogP contribution in [0.15, 0.2) is 28.4 Å². The van der Waals surface area contributed by atoms with Crippen LogP contribution in [0.1, 0.15) is 30.9 Å². The van der Waals surface area contributed by atoms with Gasteiger partial charge >= 0.3 is 20.3 Å². The summed E-state index contributed by atoms with van der Waals surface area (Å²) >= 11 is 0.544. The molecule has 3 aliphatic heterocycles. The van der Waals surface area contributed by atoms with Gasteiger partial charge in [-0.15, -0.1) is 0 Å². The van der Waals surface area contributed by atoms with Gasteiger partial charge in [0.05, 0.1) is 19.0 Å². The largest absolute Gasteiger partial charge is 0.472 e. The number of imidazole rings is 1. The molecule has 3 fully saturated rings. The van der Waals surface area contributed by atoms with Crippen LogP contribution in [0.4, 0.5) is 5.82 Å². The Morgan fingerprint density at radius 3 is 2.51 bits per heavy atom. The molecule has 222 valence electrons. The van der Waals surface area contributed by atoms with Crippen LogP contribution in [-0.4, -0.2) is 75.6 Å². The van der Waals surface area contributed by atoms with Gasteiger partial charge in [-0.05, 0) is 18.3 Å². The summed E-state index contributed by atoms with van der Waals surface area (Å²) in [5.74, 6) is -0.0428. The predicted octanol–water partition coefficient (Wildman–Crippen LogP) is 0.577. The Labute approximate surface area is 234 Å². The molecular formula is C20H25N7O11P2S. The lowest BCUT2D eigenvalue weighted by Crippen LogP contribution is -2.33. The standard InChI is InChI=1S/C20H25N7O11P2S/c1-9-4-26(20(29)25-19(9)28)14-3-11-13(36-14)6-41-40(32,33)38-10-2-15(35-12(10)5-34-39(30,31)37-11)27-8-24-16-17(21)22-7-23-18(16)27/h4,7-8,10-15H,2-3,5-6H2,1H3,(H,30,31)(H,32,33)(H2,21,22,23)(H,25,28,29)/t10-,11-,12+,13+,14+,15+/m0/s1. The number of aromatic amines is 1. The van der Waals surface area contributed by atoms with Gasteiger partial charge in [0, 0.05) is 30.4 Å². The summed E-state index contributed by atoms with van der Waals surface area (Å²) in [6.07, 6.45) is -2.07. The monoisotopic (exact) mass is 633 g/mol. The molecule has 0 radical (unpaired) electrons. The molecule has 18 nitrogen and oxygen atoms in total. The molecule has 2 unspecified atom stereocenters. The quantitative estimate of drug-likeness (QED) is 0.282. The highest BCUT2D eigenvalue weighted by Crippen LogP contribution is 2.60. The summed E-state index contributed by atoms with van der Waals surface area (Å²) in [7, 11) is -4.72. The number of nitrogen functional groups attached to an aromatic ring is 1. The molecule has 3 aliphatic rings. The van der Waals surface area contributed by atoms with Crippen LogP contribution in [-0.2, 0) is 32.2 Å². The number of phosphoric ester groups is 1. The van der Waals surface area contributed by atoms with Crippen LogP contribution >= 0.6 is 26.0 Å². The van der Waals surface area contributed by atoms with E-state index in [1.54, 1.807) is 4.57 Å². The third-order valence-corrected chi connectivity index (χ3v) is 10.9. The lowest BCUT2D eigenvalue weighted by Gasteiger charge is -2.26. The van der Waals surface area contributed by atoms with E-state index in [2.05, 4.69) is 19.9 Å². The van der Waals surface area contributed by atoms with E-state index in [9.17, 15) is 28.5 Å². The Morgan fingerprint density at radius 2 is 1.73 bits per heavy atom. The molecule has 0 amide bonds. The molecule has 0 aromatic carbocycles. The number of ether oxygens (including phenoxy) is 2. The van der Waals surface area contributed by atoms with E-state index in [1.165, 1.54) is 25.8 Å². The molecule has 0 saturated carbocycles. The van der Waals surface area contributed by atoms with E-state index in [1.807, 2.05) is 0 Å². The lowest BCUT2D eigenvalue weighted by atomic mass is 10.2. The van der Waals surface area contributed by atoms with Gasteiger partial charge in [-0.3, -0.25) is 32.5 Å². The van der Waals surface area contributed by atoms with E-state index >= 15 is 0 Å². The number of H-pyrrole nitrogens is 1. The van der Waals surface area contributed by atoms with Crippen molar-refractivity contribution in [3.05, 3.63) is 45.3 Å². The first-order chi connectivity index (χ1) is 19.4. The molecule has 6 heterocycles. The number of rotatable bonds is 2. The van der Waals surface area contributed by atoms with E-state index in [0.29, 0.717) is 22.5 Å². The van der Waals surface area contributed by atoms with Crippen molar-refractivity contribution in [3.8, 4) is 0 Å². The zero-order valence-electron chi connectivity index (χ0n) is 21.2. The fourth-order valence-corrected chi connectivity index (χ4v) is 8.62. The Bertz CT molecular complexity index is 1700. The normalized spacial score (nSPS) is 36.4. The average Bonchev–Trinajstić information content (AvgIpc) is 3.60. The van der Waals surface area contributed by atoms with Gasteiger partial charge in [-0.25, -0.2) is 28.9 Å². The third kappa shape index (κ3) is 5.79. The maximum absolute atomic E-state index is 13.1. The maximum atomic E-state index is 13.1. The number of nitrogens with zero attached hydrogens (tertiary/aromatic N) is 5.